The van der Waals surface area contributed by atoms with Crippen LogP contribution in [-0.2, 0) is 6.42 Å². The number of pyridine rings is 1. The van der Waals surface area contributed by atoms with Crippen molar-refractivity contribution < 1.29 is 17.6 Å². The fraction of sp³-hybridized carbons (Fsp3) is 0.316. The van der Waals surface area contributed by atoms with Crippen LogP contribution in [0.15, 0.2) is 41.9 Å². The lowest BCUT2D eigenvalue weighted by molar-refractivity contribution is 0.383. The summed E-state index contributed by atoms with van der Waals surface area (Å²) in [4.78, 5) is 6.26. The molecule has 0 aliphatic carbocycles. The molecule has 1 aromatic heterocycles. The molecule has 3 heterocycles. The van der Waals surface area contributed by atoms with E-state index in [-0.39, 0.29) is 6.07 Å². The van der Waals surface area contributed by atoms with E-state index >= 15 is 0 Å². The van der Waals surface area contributed by atoms with Crippen molar-refractivity contribution in [1.82, 2.24) is 15.2 Å². The Morgan fingerprint density at radius 1 is 1.08 bits per heavy atom. The van der Waals surface area contributed by atoms with Gasteiger partial charge in [0.25, 0.3) is 0 Å². The van der Waals surface area contributed by atoms with Gasteiger partial charge in [0.2, 0.25) is 0 Å². The molecule has 3 nitrogen and oxygen atoms in total. The molecule has 1 aromatic carbocycles. The van der Waals surface area contributed by atoms with E-state index in [1.165, 1.54) is 0 Å². The second-order valence-electron chi connectivity index (χ2n) is 6.59. The predicted octanol–water partition coefficient (Wildman–Crippen LogP) is 3.83. The highest BCUT2D eigenvalue weighted by Gasteiger charge is 2.37. The van der Waals surface area contributed by atoms with Gasteiger partial charge < -0.3 is 10.2 Å². The quantitative estimate of drug-likeness (QED) is 0.661. The normalized spacial score (nSPS) is 19.1. The summed E-state index contributed by atoms with van der Waals surface area (Å²) in [6.07, 6.45) is 3.54. The van der Waals surface area contributed by atoms with E-state index in [9.17, 15) is 17.6 Å². The number of hydrogen-bond acceptors (Lipinski definition) is 3. The second-order valence-corrected chi connectivity index (χ2v) is 6.59. The molecule has 0 saturated carbocycles. The number of nitrogens with zero attached hydrogens (tertiary/aromatic N) is 2. The van der Waals surface area contributed by atoms with Crippen molar-refractivity contribution in [2.75, 3.05) is 13.2 Å². The number of aryl methyl sites for hydroxylation is 1. The molecule has 7 heteroatoms. The average Bonchev–Trinajstić information content (AvgIpc) is 3.20. The summed E-state index contributed by atoms with van der Waals surface area (Å²) in [5.74, 6) is -5.90. The van der Waals surface area contributed by atoms with Crippen LogP contribution in [0.25, 0.3) is 0 Å². The van der Waals surface area contributed by atoms with E-state index in [1.54, 1.807) is 6.20 Å². The van der Waals surface area contributed by atoms with Crippen LogP contribution in [0.5, 0.6) is 0 Å². The van der Waals surface area contributed by atoms with Gasteiger partial charge in [-0.15, -0.1) is 0 Å². The maximum absolute atomic E-state index is 14.1. The Labute approximate surface area is 148 Å². The number of halogens is 4. The van der Waals surface area contributed by atoms with Gasteiger partial charge in [-0.3, -0.25) is 4.98 Å². The molecule has 1 saturated heterocycles. The summed E-state index contributed by atoms with van der Waals surface area (Å²) in [5.41, 5.74) is 2.42. The number of allylic oxidation sites excluding steroid dienone is 2. The number of hydrogen-bond donors (Lipinski definition) is 1. The van der Waals surface area contributed by atoms with Crippen LogP contribution in [-0.4, -0.2) is 23.1 Å². The van der Waals surface area contributed by atoms with E-state index in [2.05, 4.69) is 10.3 Å². The van der Waals surface area contributed by atoms with Gasteiger partial charge >= 0.3 is 0 Å². The lowest BCUT2D eigenvalue weighted by Gasteiger charge is -2.16. The number of benzene rings is 1. The highest BCUT2D eigenvalue weighted by Crippen LogP contribution is 2.40. The smallest absolute Gasteiger partial charge is 0.165 e. The lowest BCUT2D eigenvalue weighted by atomic mass is 9.95. The number of rotatable bonds is 4. The molecule has 0 bridgehead atoms. The minimum absolute atomic E-state index is 0.253. The summed E-state index contributed by atoms with van der Waals surface area (Å²) in [6.45, 7) is 0.858. The first-order valence-electron chi connectivity index (χ1n) is 8.48. The molecule has 0 spiro atoms. The summed E-state index contributed by atoms with van der Waals surface area (Å²) >= 11 is 0. The van der Waals surface area contributed by atoms with Gasteiger partial charge in [0, 0.05) is 47.4 Å². The van der Waals surface area contributed by atoms with Crippen LogP contribution in [0.1, 0.15) is 30.0 Å². The Morgan fingerprint density at radius 3 is 2.54 bits per heavy atom. The Kier molecular flexibility index (Phi) is 4.30. The molecule has 1 fully saturated rings. The molecular formula is C19H17F4N3. The van der Waals surface area contributed by atoms with Crippen LogP contribution in [0.3, 0.4) is 0 Å². The molecule has 0 amide bonds. The van der Waals surface area contributed by atoms with Crippen LogP contribution in [0.4, 0.5) is 17.6 Å². The van der Waals surface area contributed by atoms with Crippen molar-refractivity contribution in [2.45, 2.75) is 25.2 Å². The Morgan fingerprint density at radius 2 is 1.85 bits per heavy atom. The summed E-state index contributed by atoms with van der Waals surface area (Å²) in [6, 6.07) is 5.97. The summed E-state index contributed by atoms with van der Waals surface area (Å²) in [7, 11) is 0. The van der Waals surface area contributed by atoms with Gasteiger partial charge in [0.1, 0.15) is 0 Å². The van der Waals surface area contributed by atoms with Crippen molar-refractivity contribution in [2.24, 2.45) is 0 Å². The van der Waals surface area contributed by atoms with E-state index < -0.39 is 34.8 Å². The van der Waals surface area contributed by atoms with Crippen molar-refractivity contribution >= 4 is 0 Å². The van der Waals surface area contributed by atoms with Crippen molar-refractivity contribution in [3.63, 3.8) is 0 Å². The molecule has 0 unspecified atom stereocenters. The fourth-order valence-electron chi connectivity index (χ4n) is 3.75. The third-order valence-electron chi connectivity index (χ3n) is 5.01. The molecule has 26 heavy (non-hydrogen) atoms. The van der Waals surface area contributed by atoms with Crippen molar-refractivity contribution in [1.29, 1.82) is 0 Å². The largest absolute Gasteiger partial charge is 0.370 e. The second kappa shape index (κ2) is 6.63. The van der Waals surface area contributed by atoms with E-state index in [4.69, 9.17) is 0 Å². The molecule has 2 aliphatic heterocycles. The highest BCUT2D eigenvalue weighted by atomic mass is 19.2. The Hall–Kier alpha value is -2.57. The summed E-state index contributed by atoms with van der Waals surface area (Å²) in [5, 5.41) is 3.30. The third kappa shape index (κ3) is 2.91. The van der Waals surface area contributed by atoms with Crippen LogP contribution in [0, 0.1) is 23.3 Å². The first kappa shape index (κ1) is 16.9. The predicted molar refractivity (Wildman–Crippen MR) is 87.9 cm³/mol. The zero-order valence-electron chi connectivity index (χ0n) is 13.9. The van der Waals surface area contributed by atoms with Crippen LogP contribution in [0.2, 0.25) is 0 Å². The molecule has 2 aromatic rings. The van der Waals surface area contributed by atoms with E-state index in [0.717, 1.165) is 29.9 Å². The average molecular weight is 363 g/mol. The number of fused-ring (bicyclic) bond motifs is 1. The zero-order chi connectivity index (χ0) is 18.3. The van der Waals surface area contributed by atoms with E-state index in [0.29, 0.717) is 19.6 Å². The fourth-order valence-corrected chi connectivity index (χ4v) is 3.75. The SMILES string of the molecule is Fc1cc(F)c(F)c([C@H]2CC3=C(CCc4ccccn4)NCN3C2)c1F. The van der Waals surface area contributed by atoms with Gasteiger partial charge in [-0.05, 0) is 31.4 Å². The first-order chi connectivity index (χ1) is 12.5. The molecule has 136 valence electrons. The van der Waals surface area contributed by atoms with Gasteiger partial charge in [-0.2, -0.15) is 0 Å². The summed E-state index contributed by atoms with van der Waals surface area (Å²) < 4.78 is 55.2. The third-order valence-corrected chi connectivity index (χ3v) is 5.01. The molecule has 0 radical (unpaired) electrons. The van der Waals surface area contributed by atoms with Gasteiger partial charge in [0.15, 0.2) is 23.3 Å². The van der Waals surface area contributed by atoms with Gasteiger partial charge in [-0.25, -0.2) is 17.6 Å². The number of aromatic nitrogens is 1. The molecule has 1 N–H and O–H groups in total. The van der Waals surface area contributed by atoms with Crippen LogP contribution < -0.4 is 5.32 Å². The maximum Gasteiger partial charge on any atom is 0.165 e. The minimum atomic E-state index is -1.35. The zero-order valence-corrected chi connectivity index (χ0v) is 13.9. The monoisotopic (exact) mass is 363 g/mol. The molecular weight excluding hydrogens is 346 g/mol. The van der Waals surface area contributed by atoms with Gasteiger partial charge in [-0.1, -0.05) is 6.07 Å². The molecule has 4 rings (SSSR count). The first-order valence-corrected chi connectivity index (χ1v) is 8.48. The minimum Gasteiger partial charge on any atom is -0.370 e. The molecule has 1 atom stereocenters. The maximum atomic E-state index is 14.1. The number of nitrogens with one attached hydrogen (secondary N) is 1. The van der Waals surface area contributed by atoms with Crippen LogP contribution >= 0.6 is 0 Å². The molecule has 2 aliphatic rings. The standard InChI is InChI=1S/C19H17F4N3/c20-13-8-14(21)19(23)17(18(13)22)11-7-16-15(25-10-26(16)9-11)5-4-12-3-1-2-6-24-12/h1-3,6,8,11,25H,4-5,7,9-10H2/t11-/m0/s1. The lowest BCUT2D eigenvalue weighted by Crippen LogP contribution is -2.23. The van der Waals surface area contributed by atoms with Crippen molar-refractivity contribution in [3.8, 4) is 0 Å². The Bertz CT molecular complexity index is 841. The Balaban J connectivity index is 1.56. The highest BCUT2D eigenvalue weighted by molar-refractivity contribution is 5.33. The topological polar surface area (TPSA) is 28.2 Å². The van der Waals surface area contributed by atoms with Gasteiger partial charge in [0.05, 0.1) is 6.67 Å². The van der Waals surface area contributed by atoms with Crippen molar-refractivity contribution in [3.05, 3.63) is 76.4 Å². The van der Waals surface area contributed by atoms with E-state index in [1.807, 2.05) is 23.1 Å².